The molecular weight excluding hydrogens is 261 g/mol. The van der Waals surface area contributed by atoms with E-state index in [1.54, 1.807) is 0 Å². The van der Waals surface area contributed by atoms with Crippen LogP contribution in [0.5, 0.6) is 0 Å². The number of nitrogens with zero attached hydrogens (tertiary/aromatic N) is 1. The van der Waals surface area contributed by atoms with E-state index in [4.69, 9.17) is 11.6 Å². The SMILES string of the molecule is CN(C)CCCc1cc(Cl)ccc1Br. The van der Waals surface area contributed by atoms with Crippen molar-refractivity contribution in [2.24, 2.45) is 0 Å². The summed E-state index contributed by atoms with van der Waals surface area (Å²) in [5, 5.41) is 0.813. The maximum absolute atomic E-state index is 5.93. The summed E-state index contributed by atoms with van der Waals surface area (Å²) in [4.78, 5) is 2.19. The molecule has 0 bridgehead atoms. The predicted molar refractivity (Wildman–Crippen MR) is 66.0 cm³/mol. The van der Waals surface area contributed by atoms with Crippen LogP contribution in [0.1, 0.15) is 12.0 Å². The summed E-state index contributed by atoms with van der Waals surface area (Å²) in [5.74, 6) is 0. The van der Waals surface area contributed by atoms with Gasteiger partial charge in [-0.15, -0.1) is 0 Å². The maximum atomic E-state index is 5.93. The zero-order valence-electron chi connectivity index (χ0n) is 8.56. The molecule has 0 fully saturated rings. The quantitative estimate of drug-likeness (QED) is 0.812. The van der Waals surface area contributed by atoms with Gasteiger partial charge in [0.1, 0.15) is 0 Å². The molecule has 1 nitrogen and oxygen atoms in total. The standard InChI is InChI=1S/C11H15BrClN/c1-14(2)7-3-4-9-8-10(13)5-6-11(9)12/h5-6,8H,3-4,7H2,1-2H3. The molecule has 3 heteroatoms. The van der Waals surface area contributed by atoms with Gasteiger partial charge in [0.15, 0.2) is 0 Å². The first-order chi connectivity index (χ1) is 6.59. The molecule has 0 aliphatic carbocycles. The zero-order chi connectivity index (χ0) is 10.6. The van der Waals surface area contributed by atoms with Crippen molar-refractivity contribution in [3.8, 4) is 0 Å². The van der Waals surface area contributed by atoms with E-state index < -0.39 is 0 Å². The fraction of sp³-hybridized carbons (Fsp3) is 0.455. The molecule has 0 unspecified atom stereocenters. The Morgan fingerprint density at radius 1 is 1.36 bits per heavy atom. The smallest absolute Gasteiger partial charge is 0.0409 e. The van der Waals surface area contributed by atoms with Gasteiger partial charge in [-0.25, -0.2) is 0 Å². The van der Waals surface area contributed by atoms with Crippen LogP contribution in [0.3, 0.4) is 0 Å². The number of halogens is 2. The molecule has 0 N–H and O–H groups in total. The van der Waals surface area contributed by atoms with E-state index in [0.29, 0.717) is 0 Å². The van der Waals surface area contributed by atoms with Gasteiger partial charge in [0, 0.05) is 9.50 Å². The van der Waals surface area contributed by atoms with Gasteiger partial charge in [-0.3, -0.25) is 0 Å². The average Bonchev–Trinajstić information content (AvgIpc) is 2.10. The van der Waals surface area contributed by atoms with E-state index in [1.165, 1.54) is 5.56 Å². The highest BCUT2D eigenvalue weighted by Gasteiger charge is 2.01. The molecule has 78 valence electrons. The van der Waals surface area contributed by atoms with Crippen molar-refractivity contribution in [2.45, 2.75) is 12.8 Å². The minimum absolute atomic E-state index is 0.813. The second-order valence-electron chi connectivity index (χ2n) is 3.64. The molecule has 0 amide bonds. The first-order valence-electron chi connectivity index (χ1n) is 4.68. The van der Waals surface area contributed by atoms with Crippen molar-refractivity contribution in [2.75, 3.05) is 20.6 Å². The first-order valence-corrected chi connectivity index (χ1v) is 5.85. The van der Waals surface area contributed by atoms with Crippen LogP contribution in [-0.2, 0) is 6.42 Å². The molecular formula is C11H15BrClN. The monoisotopic (exact) mass is 275 g/mol. The molecule has 0 heterocycles. The van der Waals surface area contributed by atoms with Crippen molar-refractivity contribution in [1.29, 1.82) is 0 Å². The Kier molecular flexibility index (Phi) is 4.93. The van der Waals surface area contributed by atoms with Crippen LogP contribution >= 0.6 is 27.5 Å². The van der Waals surface area contributed by atoms with E-state index >= 15 is 0 Å². The summed E-state index contributed by atoms with van der Waals surface area (Å²) in [6.45, 7) is 1.11. The molecule has 0 saturated carbocycles. The summed E-state index contributed by atoms with van der Waals surface area (Å²) in [7, 11) is 4.18. The molecule has 0 aliphatic heterocycles. The predicted octanol–water partition coefficient (Wildman–Crippen LogP) is 3.60. The van der Waals surface area contributed by atoms with Crippen molar-refractivity contribution >= 4 is 27.5 Å². The van der Waals surface area contributed by atoms with Crippen LogP contribution in [0.15, 0.2) is 22.7 Å². The molecule has 0 spiro atoms. The second-order valence-corrected chi connectivity index (χ2v) is 4.93. The van der Waals surface area contributed by atoms with Gasteiger partial charge in [0.2, 0.25) is 0 Å². The zero-order valence-corrected chi connectivity index (χ0v) is 10.9. The number of hydrogen-bond donors (Lipinski definition) is 0. The summed E-state index contributed by atoms with van der Waals surface area (Å²) in [6, 6.07) is 5.94. The Bertz CT molecular complexity index is 299. The van der Waals surface area contributed by atoms with Gasteiger partial charge in [0.25, 0.3) is 0 Å². The minimum Gasteiger partial charge on any atom is -0.309 e. The number of aryl methyl sites for hydroxylation is 1. The third kappa shape index (κ3) is 3.99. The van der Waals surface area contributed by atoms with Crippen LogP contribution < -0.4 is 0 Å². The first kappa shape index (κ1) is 12.0. The van der Waals surface area contributed by atoms with Crippen molar-refractivity contribution < 1.29 is 0 Å². The van der Waals surface area contributed by atoms with Crippen molar-refractivity contribution in [3.05, 3.63) is 33.3 Å². The van der Waals surface area contributed by atoms with Gasteiger partial charge < -0.3 is 4.90 Å². The lowest BCUT2D eigenvalue weighted by Crippen LogP contribution is -2.13. The molecule has 0 atom stereocenters. The molecule has 14 heavy (non-hydrogen) atoms. The summed E-state index contributed by atoms with van der Waals surface area (Å²) in [5.41, 5.74) is 1.29. The molecule has 0 radical (unpaired) electrons. The molecule has 0 saturated heterocycles. The third-order valence-corrected chi connectivity index (χ3v) is 3.07. The number of rotatable bonds is 4. The van der Waals surface area contributed by atoms with Crippen molar-refractivity contribution in [3.63, 3.8) is 0 Å². The Labute approximate surface area is 99.2 Å². The summed E-state index contributed by atoms with van der Waals surface area (Å²) >= 11 is 9.45. The Morgan fingerprint density at radius 2 is 2.07 bits per heavy atom. The largest absolute Gasteiger partial charge is 0.309 e. The molecule has 0 aromatic heterocycles. The Morgan fingerprint density at radius 3 is 2.71 bits per heavy atom. The number of benzene rings is 1. The lowest BCUT2D eigenvalue weighted by molar-refractivity contribution is 0.400. The van der Waals surface area contributed by atoms with Gasteiger partial charge in [-0.1, -0.05) is 27.5 Å². The minimum atomic E-state index is 0.813. The highest BCUT2D eigenvalue weighted by Crippen LogP contribution is 2.22. The summed E-state index contributed by atoms with van der Waals surface area (Å²) < 4.78 is 1.15. The lowest BCUT2D eigenvalue weighted by Gasteiger charge is -2.10. The molecule has 1 aromatic rings. The fourth-order valence-electron chi connectivity index (χ4n) is 1.32. The van der Waals surface area contributed by atoms with E-state index in [-0.39, 0.29) is 0 Å². The maximum Gasteiger partial charge on any atom is 0.0409 e. The highest BCUT2D eigenvalue weighted by molar-refractivity contribution is 9.10. The Balaban J connectivity index is 2.53. The topological polar surface area (TPSA) is 3.24 Å². The van der Waals surface area contributed by atoms with Gasteiger partial charge in [-0.05, 0) is 57.2 Å². The number of hydrogen-bond acceptors (Lipinski definition) is 1. The Hall–Kier alpha value is -0.0500. The normalized spacial score (nSPS) is 10.9. The van der Waals surface area contributed by atoms with Gasteiger partial charge in [-0.2, -0.15) is 0 Å². The van der Waals surface area contributed by atoms with Crippen LogP contribution in [0.25, 0.3) is 0 Å². The van der Waals surface area contributed by atoms with E-state index in [1.807, 2.05) is 18.2 Å². The van der Waals surface area contributed by atoms with Gasteiger partial charge in [0.05, 0.1) is 0 Å². The molecule has 1 rings (SSSR count). The van der Waals surface area contributed by atoms with E-state index in [9.17, 15) is 0 Å². The van der Waals surface area contributed by atoms with Crippen molar-refractivity contribution in [1.82, 2.24) is 4.90 Å². The van der Waals surface area contributed by atoms with E-state index in [2.05, 4.69) is 34.9 Å². The van der Waals surface area contributed by atoms with Crippen LogP contribution in [0, 0.1) is 0 Å². The van der Waals surface area contributed by atoms with Crippen LogP contribution in [0.2, 0.25) is 5.02 Å². The lowest BCUT2D eigenvalue weighted by atomic mass is 10.1. The summed E-state index contributed by atoms with van der Waals surface area (Å²) in [6.07, 6.45) is 2.23. The highest BCUT2D eigenvalue weighted by atomic mass is 79.9. The molecule has 1 aromatic carbocycles. The second kappa shape index (κ2) is 5.74. The molecule has 0 aliphatic rings. The van der Waals surface area contributed by atoms with Gasteiger partial charge >= 0.3 is 0 Å². The van der Waals surface area contributed by atoms with Crippen LogP contribution in [0.4, 0.5) is 0 Å². The van der Waals surface area contributed by atoms with E-state index in [0.717, 1.165) is 28.9 Å². The fourth-order valence-corrected chi connectivity index (χ4v) is 1.96. The van der Waals surface area contributed by atoms with Crippen LogP contribution in [-0.4, -0.2) is 25.5 Å². The third-order valence-electron chi connectivity index (χ3n) is 2.06. The average molecular weight is 277 g/mol.